The highest BCUT2D eigenvalue weighted by atomic mass is 32.1. The third-order valence-corrected chi connectivity index (χ3v) is 2.62. The molecule has 0 fully saturated rings. The zero-order valence-electron chi connectivity index (χ0n) is 8.14. The van der Waals surface area contributed by atoms with E-state index in [1.807, 2.05) is 18.2 Å². The Labute approximate surface area is 95.6 Å². The maximum atomic E-state index is 5.73. The molecule has 2 heterocycles. The average Bonchev–Trinajstić information content (AvgIpc) is 2.86. The molecule has 1 aliphatic heterocycles. The molecule has 1 aliphatic rings. The van der Waals surface area contributed by atoms with Crippen molar-refractivity contribution in [2.45, 2.75) is 0 Å². The van der Waals surface area contributed by atoms with Gasteiger partial charge < -0.3 is 15.3 Å². The largest absolute Gasteiger partial charge is 0.454 e. The second-order valence-corrected chi connectivity index (χ2v) is 3.68. The molecule has 3 N–H and O–H groups in total. The van der Waals surface area contributed by atoms with Gasteiger partial charge in [0.15, 0.2) is 17.3 Å². The lowest BCUT2D eigenvalue weighted by molar-refractivity contribution is 0.174. The molecule has 0 saturated heterocycles. The highest BCUT2D eigenvalue weighted by Crippen LogP contribution is 2.35. The smallest absolute Gasteiger partial charge is 0.231 e. The molecule has 0 saturated carbocycles. The topological polar surface area (TPSA) is 78.1 Å². The van der Waals surface area contributed by atoms with Crippen LogP contribution in [0.4, 0.5) is 0 Å². The summed E-state index contributed by atoms with van der Waals surface area (Å²) in [6.45, 7) is 0.244. The zero-order chi connectivity index (χ0) is 11.1. The highest BCUT2D eigenvalue weighted by molar-refractivity contribution is 7.71. The van der Waals surface area contributed by atoms with Gasteiger partial charge in [0.1, 0.15) is 0 Å². The number of aromatic amines is 1. The molecule has 1 aromatic carbocycles. The van der Waals surface area contributed by atoms with Gasteiger partial charge in [-0.1, -0.05) is 0 Å². The summed E-state index contributed by atoms with van der Waals surface area (Å²) in [6, 6.07) is 5.48. The Bertz CT molecular complexity index is 604. The Kier molecular flexibility index (Phi) is 1.87. The first-order chi connectivity index (χ1) is 7.75. The summed E-state index contributed by atoms with van der Waals surface area (Å²) in [4.78, 5) is 0. The zero-order valence-corrected chi connectivity index (χ0v) is 8.95. The number of nitrogens with two attached hydrogens (primary N) is 1. The van der Waals surface area contributed by atoms with Gasteiger partial charge in [-0.05, 0) is 30.4 Å². The maximum Gasteiger partial charge on any atom is 0.231 e. The van der Waals surface area contributed by atoms with Crippen LogP contribution in [0.25, 0.3) is 11.4 Å². The van der Waals surface area contributed by atoms with Crippen LogP contribution >= 0.6 is 12.2 Å². The van der Waals surface area contributed by atoms with E-state index in [2.05, 4.69) is 10.2 Å². The van der Waals surface area contributed by atoms with Crippen LogP contribution in [0, 0.1) is 4.77 Å². The van der Waals surface area contributed by atoms with E-state index in [0.717, 1.165) is 11.3 Å². The Morgan fingerprint density at radius 2 is 2.19 bits per heavy atom. The molecular weight excluding hydrogens is 228 g/mol. The summed E-state index contributed by atoms with van der Waals surface area (Å²) < 4.78 is 12.2. The van der Waals surface area contributed by atoms with Crippen LogP contribution in [0.5, 0.6) is 11.5 Å². The average molecular weight is 236 g/mol. The van der Waals surface area contributed by atoms with Crippen LogP contribution in [-0.4, -0.2) is 21.7 Å². The number of fused-ring (bicyclic) bond motifs is 1. The van der Waals surface area contributed by atoms with E-state index in [1.165, 1.54) is 4.68 Å². The van der Waals surface area contributed by atoms with E-state index in [0.29, 0.717) is 16.3 Å². The fourth-order valence-electron chi connectivity index (χ4n) is 1.54. The van der Waals surface area contributed by atoms with E-state index in [-0.39, 0.29) is 6.79 Å². The summed E-state index contributed by atoms with van der Waals surface area (Å²) in [5, 5.41) is 6.66. The van der Waals surface area contributed by atoms with Gasteiger partial charge in [0.2, 0.25) is 11.6 Å². The first kappa shape index (κ1) is 9.22. The number of H-pyrrole nitrogens is 1. The monoisotopic (exact) mass is 236 g/mol. The van der Waals surface area contributed by atoms with E-state index >= 15 is 0 Å². The van der Waals surface area contributed by atoms with Crippen molar-refractivity contribution >= 4 is 12.2 Å². The number of ether oxygens (including phenoxy) is 2. The second kappa shape index (κ2) is 3.24. The van der Waals surface area contributed by atoms with Crippen molar-refractivity contribution in [1.29, 1.82) is 0 Å². The molecular formula is C9H8N4O2S. The minimum absolute atomic E-state index is 0.244. The summed E-state index contributed by atoms with van der Waals surface area (Å²) in [7, 11) is 0. The number of nitrogen functional groups attached to an aromatic ring is 1. The maximum absolute atomic E-state index is 5.73. The molecule has 2 aromatic rings. The fraction of sp³-hybridized carbons (Fsp3) is 0.111. The van der Waals surface area contributed by atoms with Crippen molar-refractivity contribution in [3.63, 3.8) is 0 Å². The van der Waals surface area contributed by atoms with Gasteiger partial charge in [-0.3, -0.25) is 0 Å². The van der Waals surface area contributed by atoms with Crippen LogP contribution in [0.2, 0.25) is 0 Å². The number of hydrogen-bond acceptors (Lipinski definition) is 5. The lowest BCUT2D eigenvalue weighted by atomic mass is 10.2. The Morgan fingerprint density at radius 1 is 1.38 bits per heavy atom. The molecule has 0 aliphatic carbocycles. The number of hydrogen-bond donors (Lipinski definition) is 2. The number of nitrogens with zero attached hydrogens (tertiary/aromatic N) is 2. The number of benzene rings is 1. The molecule has 1 aromatic heterocycles. The third-order valence-electron chi connectivity index (χ3n) is 2.34. The fourth-order valence-corrected chi connectivity index (χ4v) is 1.68. The molecule has 7 heteroatoms. The summed E-state index contributed by atoms with van der Waals surface area (Å²) in [5.74, 6) is 7.70. The van der Waals surface area contributed by atoms with Crippen molar-refractivity contribution in [1.82, 2.24) is 14.9 Å². The minimum atomic E-state index is 0.244. The number of rotatable bonds is 1. The summed E-state index contributed by atoms with van der Waals surface area (Å²) >= 11 is 4.94. The first-order valence-electron chi connectivity index (χ1n) is 4.58. The first-order valence-corrected chi connectivity index (χ1v) is 4.99. The third kappa shape index (κ3) is 1.25. The molecule has 16 heavy (non-hydrogen) atoms. The van der Waals surface area contributed by atoms with Crippen LogP contribution in [0.3, 0.4) is 0 Å². The second-order valence-electron chi connectivity index (χ2n) is 3.29. The molecule has 0 radical (unpaired) electrons. The van der Waals surface area contributed by atoms with Crippen LogP contribution in [0.15, 0.2) is 18.2 Å². The van der Waals surface area contributed by atoms with E-state index < -0.39 is 0 Å². The molecule has 6 nitrogen and oxygen atoms in total. The lowest BCUT2D eigenvalue weighted by Gasteiger charge is -2.01. The number of aromatic nitrogens is 3. The van der Waals surface area contributed by atoms with E-state index in [4.69, 9.17) is 27.5 Å². The molecule has 3 rings (SSSR count). The Hall–Kier alpha value is -2.02. The quantitative estimate of drug-likeness (QED) is 0.571. The van der Waals surface area contributed by atoms with Gasteiger partial charge in [0.25, 0.3) is 0 Å². The van der Waals surface area contributed by atoms with Crippen LogP contribution in [-0.2, 0) is 0 Å². The highest BCUT2D eigenvalue weighted by Gasteiger charge is 2.15. The predicted molar refractivity (Wildman–Crippen MR) is 59.1 cm³/mol. The standard InChI is InChI=1S/C9H8N4O2S/c10-13-8(11-12-9(13)16)5-1-2-6-7(3-5)15-4-14-6/h1-3H,4,10H2,(H,12,16). The van der Waals surface area contributed by atoms with Crippen LogP contribution in [0.1, 0.15) is 0 Å². The van der Waals surface area contributed by atoms with Crippen molar-refractivity contribution in [2.75, 3.05) is 12.6 Å². The SMILES string of the molecule is Nn1c(-c2ccc3c(c2)OCO3)n[nH]c1=S. The van der Waals surface area contributed by atoms with Gasteiger partial charge in [-0.25, -0.2) is 9.77 Å². The van der Waals surface area contributed by atoms with Gasteiger partial charge in [-0.15, -0.1) is 0 Å². The van der Waals surface area contributed by atoms with Crippen molar-refractivity contribution in [3.05, 3.63) is 23.0 Å². The van der Waals surface area contributed by atoms with Crippen molar-refractivity contribution in [3.8, 4) is 22.9 Å². The van der Waals surface area contributed by atoms with E-state index in [1.54, 1.807) is 0 Å². The molecule has 0 unspecified atom stereocenters. The van der Waals surface area contributed by atoms with Gasteiger partial charge in [0.05, 0.1) is 0 Å². The molecule has 0 atom stereocenters. The minimum Gasteiger partial charge on any atom is -0.454 e. The molecule has 82 valence electrons. The molecule has 0 spiro atoms. The predicted octanol–water partition coefficient (Wildman–Crippen LogP) is 1.05. The van der Waals surface area contributed by atoms with Crippen LogP contribution < -0.4 is 15.3 Å². The molecule has 0 amide bonds. The van der Waals surface area contributed by atoms with Crippen molar-refractivity contribution < 1.29 is 9.47 Å². The summed E-state index contributed by atoms with van der Waals surface area (Å²) in [6.07, 6.45) is 0. The Balaban J connectivity index is 2.14. The lowest BCUT2D eigenvalue weighted by Crippen LogP contribution is -2.09. The van der Waals surface area contributed by atoms with Gasteiger partial charge in [-0.2, -0.15) is 5.10 Å². The normalized spacial score (nSPS) is 13.0. The Morgan fingerprint density at radius 3 is 2.94 bits per heavy atom. The van der Waals surface area contributed by atoms with E-state index in [9.17, 15) is 0 Å². The molecule has 0 bridgehead atoms. The van der Waals surface area contributed by atoms with Gasteiger partial charge >= 0.3 is 0 Å². The van der Waals surface area contributed by atoms with Gasteiger partial charge in [0, 0.05) is 5.56 Å². The van der Waals surface area contributed by atoms with Crippen molar-refractivity contribution in [2.24, 2.45) is 0 Å². The summed E-state index contributed by atoms with van der Waals surface area (Å²) in [5.41, 5.74) is 0.819. The number of nitrogens with one attached hydrogen (secondary N) is 1.